The second kappa shape index (κ2) is 10.5. The summed E-state index contributed by atoms with van der Waals surface area (Å²) in [5.41, 5.74) is 2.43. The van der Waals surface area contributed by atoms with Crippen LogP contribution in [0.4, 0.5) is 5.69 Å². The van der Waals surface area contributed by atoms with Crippen LogP contribution in [0.25, 0.3) is 10.8 Å². The third-order valence-corrected chi connectivity index (χ3v) is 9.21. The maximum atomic E-state index is 13.4. The molecule has 0 atom stereocenters. The van der Waals surface area contributed by atoms with Gasteiger partial charge in [0.15, 0.2) is 0 Å². The molecule has 180 valence electrons. The van der Waals surface area contributed by atoms with E-state index in [0.717, 1.165) is 43.0 Å². The Kier molecular flexibility index (Phi) is 7.21. The van der Waals surface area contributed by atoms with Crippen LogP contribution in [0.15, 0.2) is 71.6 Å². The molecule has 2 saturated carbocycles. The minimum absolute atomic E-state index is 0.0528. The molecule has 0 heterocycles. The zero-order valence-electron chi connectivity index (χ0n) is 20.0. The number of hydrogen-bond acceptors (Lipinski definition) is 3. The number of fused-ring (bicyclic) bond motifs is 1. The largest absolute Gasteiger partial charge is 0.364 e. The van der Waals surface area contributed by atoms with Crippen LogP contribution in [0, 0.1) is 0 Å². The van der Waals surface area contributed by atoms with Crippen LogP contribution in [-0.4, -0.2) is 20.5 Å². The molecular formula is C29H36N2O2S. The molecule has 3 aromatic rings. The molecule has 0 amide bonds. The quantitative estimate of drug-likeness (QED) is 0.408. The first kappa shape index (κ1) is 23.4. The van der Waals surface area contributed by atoms with Crippen LogP contribution < -0.4 is 9.62 Å². The van der Waals surface area contributed by atoms with Crippen molar-refractivity contribution in [2.75, 3.05) is 4.90 Å². The van der Waals surface area contributed by atoms with E-state index < -0.39 is 10.0 Å². The van der Waals surface area contributed by atoms with Crippen molar-refractivity contribution in [1.29, 1.82) is 0 Å². The molecule has 1 N–H and O–H groups in total. The van der Waals surface area contributed by atoms with Crippen molar-refractivity contribution < 1.29 is 8.42 Å². The highest BCUT2D eigenvalue weighted by Crippen LogP contribution is 2.33. The number of para-hydroxylation sites is 1. The van der Waals surface area contributed by atoms with Gasteiger partial charge in [-0.2, -0.15) is 0 Å². The maximum Gasteiger partial charge on any atom is 0.241 e. The molecule has 2 fully saturated rings. The van der Waals surface area contributed by atoms with Gasteiger partial charge in [-0.3, -0.25) is 0 Å². The van der Waals surface area contributed by atoms with Gasteiger partial charge in [0.25, 0.3) is 0 Å². The Morgan fingerprint density at radius 3 is 2.03 bits per heavy atom. The number of sulfonamides is 1. The number of hydrogen-bond donors (Lipinski definition) is 1. The van der Waals surface area contributed by atoms with E-state index in [1.807, 2.05) is 30.3 Å². The Morgan fingerprint density at radius 1 is 0.706 bits per heavy atom. The molecular weight excluding hydrogens is 440 g/mol. The predicted molar refractivity (Wildman–Crippen MR) is 141 cm³/mol. The van der Waals surface area contributed by atoms with E-state index in [9.17, 15) is 8.42 Å². The summed E-state index contributed by atoms with van der Waals surface area (Å²) >= 11 is 0. The van der Waals surface area contributed by atoms with Crippen LogP contribution in [-0.2, 0) is 16.6 Å². The second-order valence-corrected chi connectivity index (χ2v) is 11.7. The lowest BCUT2D eigenvalue weighted by Crippen LogP contribution is -2.37. The number of benzene rings is 3. The zero-order valence-corrected chi connectivity index (χ0v) is 20.8. The highest BCUT2D eigenvalue weighted by molar-refractivity contribution is 7.89. The average molecular weight is 477 g/mol. The molecule has 2 aliphatic carbocycles. The predicted octanol–water partition coefficient (Wildman–Crippen LogP) is 6.79. The van der Waals surface area contributed by atoms with Gasteiger partial charge in [0.1, 0.15) is 0 Å². The molecule has 4 nitrogen and oxygen atoms in total. The first-order chi connectivity index (χ1) is 16.6. The monoisotopic (exact) mass is 476 g/mol. The molecule has 2 aliphatic rings. The lowest BCUT2D eigenvalue weighted by Gasteiger charge is -2.36. The summed E-state index contributed by atoms with van der Waals surface area (Å²) in [6, 6.07) is 23.1. The highest BCUT2D eigenvalue weighted by atomic mass is 32.2. The molecule has 0 saturated heterocycles. The summed E-state index contributed by atoms with van der Waals surface area (Å²) in [7, 11) is -3.57. The van der Waals surface area contributed by atoms with E-state index in [2.05, 4.69) is 46.0 Å². The lowest BCUT2D eigenvalue weighted by molar-refractivity contribution is 0.412. The molecule has 0 spiro atoms. The van der Waals surface area contributed by atoms with Crippen molar-refractivity contribution >= 4 is 26.5 Å². The van der Waals surface area contributed by atoms with Crippen LogP contribution in [0.1, 0.15) is 69.8 Å². The summed E-state index contributed by atoms with van der Waals surface area (Å²) in [5.74, 6) is 0. The summed E-state index contributed by atoms with van der Waals surface area (Å²) < 4.78 is 29.8. The topological polar surface area (TPSA) is 49.4 Å². The summed E-state index contributed by atoms with van der Waals surface area (Å²) in [6.45, 7) is 0.783. The van der Waals surface area contributed by atoms with E-state index in [0.29, 0.717) is 10.9 Å². The third-order valence-electron chi connectivity index (χ3n) is 7.63. The fourth-order valence-electron chi connectivity index (χ4n) is 5.84. The van der Waals surface area contributed by atoms with Gasteiger partial charge in [-0.15, -0.1) is 0 Å². The van der Waals surface area contributed by atoms with Crippen molar-refractivity contribution in [2.24, 2.45) is 0 Å². The number of nitrogens with one attached hydrogen (secondary N) is 1. The van der Waals surface area contributed by atoms with E-state index >= 15 is 0 Å². The SMILES string of the molecule is O=S(=O)(NC1CCCCC1)c1ccc(CN(c2ccccc2)C2CCCCC2)c2ccccc12. The van der Waals surface area contributed by atoms with Crippen LogP contribution in [0.2, 0.25) is 0 Å². The summed E-state index contributed by atoms with van der Waals surface area (Å²) in [4.78, 5) is 2.94. The first-order valence-corrected chi connectivity index (χ1v) is 14.4. The molecule has 0 aromatic heterocycles. The Hall–Kier alpha value is -2.37. The minimum Gasteiger partial charge on any atom is -0.364 e. The number of rotatable bonds is 7. The molecule has 0 radical (unpaired) electrons. The maximum absolute atomic E-state index is 13.4. The minimum atomic E-state index is -3.57. The Bertz CT molecular complexity index is 1200. The van der Waals surface area contributed by atoms with E-state index in [4.69, 9.17) is 0 Å². The normalized spacial score (nSPS) is 18.2. The third kappa shape index (κ3) is 5.16. The second-order valence-electron chi connectivity index (χ2n) is 9.98. The standard InChI is InChI=1S/C29H36N2O2S/c32-34(33,30-24-12-4-1-5-13-24)29-21-20-23(27-18-10-11-19-28(27)29)22-31(25-14-6-2-7-15-25)26-16-8-3-9-17-26/h2,6-7,10-11,14-15,18-21,24,26,30H,1,3-5,8-9,12-13,16-17,22H2. The molecule has 5 heteroatoms. The fraction of sp³-hybridized carbons (Fsp3) is 0.448. The molecule has 0 aliphatic heterocycles. The van der Waals surface area contributed by atoms with Crippen molar-refractivity contribution in [1.82, 2.24) is 4.72 Å². The molecule has 0 bridgehead atoms. The van der Waals surface area contributed by atoms with Gasteiger partial charge in [0.2, 0.25) is 10.0 Å². The summed E-state index contributed by atoms with van der Waals surface area (Å²) in [5, 5.41) is 1.85. The molecule has 5 rings (SSSR count). The van der Waals surface area contributed by atoms with Crippen LogP contribution in [0.5, 0.6) is 0 Å². The van der Waals surface area contributed by atoms with Gasteiger partial charge in [-0.1, -0.05) is 87.1 Å². The summed E-state index contributed by atoms with van der Waals surface area (Å²) in [6.07, 6.45) is 11.6. The molecule has 34 heavy (non-hydrogen) atoms. The Morgan fingerprint density at radius 2 is 1.32 bits per heavy atom. The van der Waals surface area contributed by atoms with Crippen molar-refractivity contribution in [3.05, 3.63) is 72.3 Å². The number of anilines is 1. The molecule has 0 unspecified atom stereocenters. The van der Waals surface area contributed by atoms with Crippen molar-refractivity contribution in [2.45, 2.75) is 87.7 Å². The van der Waals surface area contributed by atoms with E-state index in [-0.39, 0.29) is 6.04 Å². The van der Waals surface area contributed by atoms with Crippen molar-refractivity contribution in [3.63, 3.8) is 0 Å². The smallest absolute Gasteiger partial charge is 0.241 e. The Balaban J connectivity index is 1.49. The number of nitrogens with zero attached hydrogens (tertiary/aromatic N) is 1. The Labute approximate surface area is 204 Å². The first-order valence-electron chi connectivity index (χ1n) is 13.0. The van der Waals surface area contributed by atoms with Gasteiger partial charge >= 0.3 is 0 Å². The van der Waals surface area contributed by atoms with Gasteiger partial charge in [-0.05, 0) is 54.8 Å². The van der Waals surface area contributed by atoms with Crippen LogP contribution >= 0.6 is 0 Å². The van der Waals surface area contributed by atoms with E-state index in [1.165, 1.54) is 49.8 Å². The van der Waals surface area contributed by atoms with Gasteiger partial charge in [-0.25, -0.2) is 13.1 Å². The lowest BCUT2D eigenvalue weighted by atomic mass is 9.93. The molecule has 3 aromatic carbocycles. The zero-order chi connectivity index (χ0) is 23.4. The van der Waals surface area contributed by atoms with Gasteiger partial charge < -0.3 is 4.90 Å². The van der Waals surface area contributed by atoms with Crippen molar-refractivity contribution in [3.8, 4) is 0 Å². The van der Waals surface area contributed by atoms with Crippen LogP contribution in [0.3, 0.4) is 0 Å². The van der Waals surface area contributed by atoms with Gasteiger partial charge in [0, 0.05) is 29.7 Å². The van der Waals surface area contributed by atoms with Gasteiger partial charge in [0.05, 0.1) is 4.90 Å². The van der Waals surface area contributed by atoms with E-state index in [1.54, 1.807) is 0 Å². The highest BCUT2D eigenvalue weighted by Gasteiger charge is 2.26. The average Bonchev–Trinajstić information content (AvgIpc) is 2.88. The fourth-order valence-corrected chi connectivity index (χ4v) is 7.35.